The minimum Gasteiger partial charge on any atom is -0.481 e. The fourth-order valence-corrected chi connectivity index (χ4v) is 4.22. The van der Waals surface area contributed by atoms with Crippen molar-refractivity contribution in [3.05, 3.63) is 0 Å². The van der Waals surface area contributed by atoms with Crippen LogP contribution in [0.1, 0.15) is 32.1 Å². The van der Waals surface area contributed by atoms with Gasteiger partial charge in [0.2, 0.25) is 5.91 Å². The molecule has 0 saturated carbocycles. The van der Waals surface area contributed by atoms with Crippen LogP contribution in [-0.2, 0) is 24.0 Å². The van der Waals surface area contributed by atoms with Crippen LogP contribution in [-0.4, -0.2) is 92.3 Å². The van der Waals surface area contributed by atoms with Gasteiger partial charge < -0.3 is 25.7 Å². The first-order valence-electron chi connectivity index (χ1n) is 8.76. The van der Waals surface area contributed by atoms with Gasteiger partial charge in [0, 0.05) is 24.5 Å². The van der Waals surface area contributed by atoms with E-state index in [-0.39, 0.29) is 25.2 Å². The first-order valence-corrected chi connectivity index (χ1v) is 11.3. The Labute approximate surface area is 175 Å². The van der Waals surface area contributed by atoms with Crippen LogP contribution in [0.5, 0.6) is 0 Å². The van der Waals surface area contributed by atoms with E-state index in [0.717, 1.165) is 4.90 Å². The molecule has 0 spiro atoms. The lowest BCUT2D eigenvalue weighted by atomic mass is 10.1. The molecule has 0 radical (unpaired) electrons. The first kappa shape index (κ1) is 27.0. The number of aliphatic carboxylic acids is 4. The van der Waals surface area contributed by atoms with Crippen molar-refractivity contribution >= 4 is 51.4 Å². The summed E-state index contributed by atoms with van der Waals surface area (Å²) in [6.45, 7) is -1.07. The van der Waals surface area contributed by atoms with E-state index in [0.29, 0.717) is 30.9 Å². The Balaban J connectivity index is 4.09. The van der Waals surface area contributed by atoms with Crippen LogP contribution in [0, 0.1) is 0 Å². The molecule has 0 aromatic rings. The highest BCUT2D eigenvalue weighted by atomic mass is 33.1. The van der Waals surface area contributed by atoms with Crippen LogP contribution >= 0.6 is 21.6 Å². The minimum absolute atomic E-state index is 0.0574. The maximum atomic E-state index is 11.7. The molecule has 0 aliphatic heterocycles. The van der Waals surface area contributed by atoms with Crippen LogP contribution in [0.4, 0.5) is 0 Å². The molecule has 0 saturated heterocycles. The molecule has 166 valence electrons. The topological polar surface area (TPSA) is 182 Å². The zero-order valence-corrected chi connectivity index (χ0v) is 17.4. The van der Waals surface area contributed by atoms with E-state index in [1.165, 1.54) is 21.6 Å². The van der Waals surface area contributed by atoms with E-state index in [2.05, 4.69) is 5.32 Å². The summed E-state index contributed by atoms with van der Waals surface area (Å²) in [7, 11) is 2.80. The van der Waals surface area contributed by atoms with Gasteiger partial charge in [0.1, 0.15) is 6.04 Å². The van der Waals surface area contributed by atoms with Crippen LogP contribution in [0.2, 0.25) is 0 Å². The van der Waals surface area contributed by atoms with Gasteiger partial charge in [-0.25, -0.2) is 0 Å². The van der Waals surface area contributed by atoms with Gasteiger partial charge in [-0.15, -0.1) is 0 Å². The average Bonchev–Trinajstić information content (AvgIpc) is 2.59. The smallest absolute Gasteiger partial charge is 0.320 e. The highest BCUT2D eigenvalue weighted by molar-refractivity contribution is 8.76. The van der Waals surface area contributed by atoms with Crippen LogP contribution < -0.4 is 5.32 Å². The van der Waals surface area contributed by atoms with Gasteiger partial charge >= 0.3 is 23.9 Å². The summed E-state index contributed by atoms with van der Waals surface area (Å²) < 4.78 is 0. The molecule has 0 unspecified atom stereocenters. The van der Waals surface area contributed by atoms with Crippen molar-refractivity contribution < 1.29 is 44.4 Å². The summed E-state index contributed by atoms with van der Waals surface area (Å²) in [4.78, 5) is 56.0. The Hall–Kier alpha value is -1.99. The average molecular weight is 455 g/mol. The first-order chi connectivity index (χ1) is 13.6. The normalized spacial score (nSPS) is 11.8. The third-order valence-electron chi connectivity index (χ3n) is 3.52. The van der Waals surface area contributed by atoms with Gasteiger partial charge in [-0.05, 0) is 19.3 Å². The molecular weight excluding hydrogens is 428 g/mol. The molecule has 29 heavy (non-hydrogen) atoms. The summed E-state index contributed by atoms with van der Waals surface area (Å²) >= 11 is 0. The highest BCUT2D eigenvalue weighted by Crippen LogP contribution is 2.22. The second-order valence-electron chi connectivity index (χ2n) is 5.93. The maximum Gasteiger partial charge on any atom is 0.320 e. The molecule has 13 heteroatoms. The van der Waals surface area contributed by atoms with Crippen LogP contribution in [0.3, 0.4) is 0 Å². The number of amides is 1. The fourth-order valence-electron chi connectivity index (χ4n) is 2.25. The SMILES string of the molecule is O=C(O)CCSSCCC(=O)NCCCC[C@@H](C(=O)O)N(CC(=O)O)CC(=O)O. The van der Waals surface area contributed by atoms with Gasteiger partial charge in [0.15, 0.2) is 0 Å². The molecule has 0 aliphatic carbocycles. The van der Waals surface area contributed by atoms with Crippen molar-refractivity contribution in [2.24, 2.45) is 0 Å². The molecule has 0 heterocycles. The van der Waals surface area contributed by atoms with E-state index in [1.54, 1.807) is 0 Å². The van der Waals surface area contributed by atoms with E-state index >= 15 is 0 Å². The molecule has 0 aromatic carbocycles. The molecule has 0 fully saturated rings. The number of rotatable bonds is 18. The minimum atomic E-state index is -1.32. The second-order valence-corrected chi connectivity index (χ2v) is 8.63. The predicted molar refractivity (Wildman–Crippen MR) is 107 cm³/mol. The lowest BCUT2D eigenvalue weighted by molar-refractivity contribution is -0.149. The molecule has 0 aliphatic rings. The predicted octanol–water partition coefficient (Wildman–Crippen LogP) is 0.444. The van der Waals surface area contributed by atoms with Crippen molar-refractivity contribution in [1.82, 2.24) is 10.2 Å². The van der Waals surface area contributed by atoms with Crippen LogP contribution in [0.15, 0.2) is 0 Å². The van der Waals surface area contributed by atoms with E-state index < -0.39 is 43.0 Å². The largest absolute Gasteiger partial charge is 0.481 e. The summed E-state index contributed by atoms with van der Waals surface area (Å²) in [5, 5.41) is 38.1. The lowest BCUT2D eigenvalue weighted by Gasteiger charge is -2.25. The van der Waals surface area contributed by atoms with Crippen molar-refractivity contribution in [1.29, 1.82) is 0 Å². The van der Waals surface area contributed by atoms with Crippen molar-refractivity contribution in [2.45, 2.75) is 38.1 Å². The Morgan fingerprint density at radius 1 is 0.793 bits per heavy atom. The number of hydrogen-bond donors (Lipinski definition) is 5. The van der Waals surface area contributed by atoms with Gasteiger partial charge in [0.05, 0.1) is 19.5 Å². The summed E-state index contributed by atoms with van der Waals surface area (Å²) in [5.41, 5.74) is 0. The number of hydrogen-bond acceptors (Lipinski definition) is 8. The van der Waals surface area contributed by atoms with Gasteiger partial charge in [-0.1, -0.05) is 21.6 Å². The Morgan fingerprint density at radius 2 is 1.34 bits per heavy atom. The third kappa shape index (κ3) is 15.6. The summed E-state index contributed by atoms with van der Waals surface area (Å²) in [6, 6.07) is -1.24. The third-order valence-corrected chi connectivity index (χ3v) is 5.93. The van der Waals surface area contributed by atoms with E-state index in [4.69, 9.17) is 15.3 Å². The molecule has 1 amide bonds. The van der Waals surface area contributed by atoms with E-state index in [9.17, 15) is 29.1 Å². The Kier molecular flexibility index (Phi) is 14.8. The van der Waals surface area contributed by atoms with Gasteiger partial charge in [-0.3, -0.25) is 28.9 Å². The van der Waals surface area contributed by atoms with Crippen molar-refractivity contribution in [3.63, 3.8) is 0 Å². The maximum absolute atomic E-state index is 11.7. The van der Waals surface area contributed by atoms with Crippen molar-refractivity contribution in [3.8, 4) is 0 Å². The summed E-state index contributed by atoms with van der Waals surface area (Å²) in [6.07, 6.45) is 1.23. The zero-order chi connectivity index (χ0) is 22.2. The monoisotopic (exact) mass is 454 g/mol. The van der Waals surface area contributed by atoms with Gasteiger partial charge in [-0.2, -0.15) is 0 Å². The standard InChI is InChI=1S/C16H26N2O9S2/c19-12(4-7-28-29-8-5-13(20)21)17-6-2-1-3-11(16(26)27)18(9-14(22)23)10-15(24)25/h11H,1-10H2,(H,17,19)(H,20,21)(H,22,23)(H,24,25)(H,26,27)/t11-/m0/s1. The van der Waals surface area contributed by atoms with Crippen LogP contribution in [0.25, 0.3) is 0 Å². The van der Waals surface area contributed by atoms with E-state index in [1.807, 2.05) is 0 Å². The number of nitrogens with one attached hydrogen (secondary N) is 1. The molecule has 0 bridgehead atoms. The number of carbonyl (C=O) groups excluding carboxylic acids is 1. The highest BCUT2D eigenvalue weighted by Gasteiger charge is 2.28. The fraction of sp³-hybridized carbons (Fsp3) is 0.688. The number of carboxylic acid groups (broad SMARTS) is 4. The number of nitrogens with zero attached hydrogens (tertiary/aromatic N) is 1. The number of unbranched alkanes of at least 4 members (excludes halogenated alkanes) is 1. The lowest BCUT2D eigenvalue weighted by Crippen LogP contribution is -2.46. The molecule has 0 aromatic heterocycles. The molecule has 0 rings (SSSR count). The molecular formula is C16H26N2O9S2. The second kappa shape index (κ2) is 15.9. The molecule has 5 N–H and O–H groups in total. The molecule has 11 nitrogen and oxygen atoms in total. The quantitative estimate of drug-likeness (QED) is 0.143. The Bertz CT molecular complexity index is 559. The zero-order valence-electron chi connectivity index (χ0n) is 15.7. The summed E-state index contributed by atoms with van der Waals surface area (Å²) in [5.74, 6) is -3.97. The number of carbonyl (C=O) groups is 5. The Morgan fingerprint density at radius 3 is 1.83 bits per heavy atom. The van der Waals surface area contributed by atoms with Crippen molar-refractivity contribution in [2.75, 3.05) is 31.1 Å². The van der Waals surface area contributed by atoms with Gasteiger partial charge in [0.25, 0.3) is 0 Å². The molecule has 1 atom stereocenters. The number of carboxylic acids is 4.